The predicted octanol–water partition coefficient (Wildman–Crippen LogP) is 2.67. The van der Waals surface area contributed by atoms with E-state index in [2.05, 4.69) is 37.0 Å². The normalized spacial score (nSPS) is 13.3. The summed E-state index contributed by atoms with van der Waals surface area (Å²) < 4.78 is 0. The minimum absolute atomic E-state index is 0.212. The molecule has 80 valence electrons. The van der Waals surface area contributed by atoms with Crippen LogP contribution in [0, 0.1) is 13.8 Å². The number of H-pyrrole nitrogens is 1. The van der Waals surface area contributed by atoms with Crippen LogP contribution in [0.4, 0.5) is 0 Å². The Kier molecular flexibility index (Phi) is 2.53. The fraction of sp³-hybridized carbons (Fsp3) is 0.385. The highest BCUT2D eigenvalue weighted by atomic mass is 14.7. The SMILES string of the molecule is Cc1ccc2c(CC(C)N)c(C)[nH]c2c1. The lowest BCUT2D eigenvalue weighted by Crippen LogP contribution is -2.18. The van der Waals surface area contributed by atoms with E-state index in [1.54, 1.807) is 0 Å². The predicted molar refractivity (Wildman–Crippen MR) is 65.1 cm³/mol. The van der Waals surface area contributed by atoms with E-state index in [0.29, 0.717) is 0 Å². The van der Waals surface area contributed by atoms with Gasteiger partial charge in [-0.15, -0.1) is 0 Å². The highest BCUT2D eigenvalue weighted by Gasteiger charge is 2.09. The minimum atomic E-state index is 0.212. The van der Waals surface area contributed by atoms with Gasteiger partial charge in [0.1, 0.15) is 0 Å². The van der Waals surface area contributed by atoms with Crippen LogP contribution in [0.2, 0.25) is 0 Å². The molecule has 1 heterocycles. The van der Waals surface area contributed by atoms with Crippen LogP contribution >= 0.6 is 0 Å². The summed E-state index contributed by atoms with van der Waals surface area (Å²) in [5.74, 6) is 0. The zero-order valence-electron chi connectivity index (χ0n) is 9.59. The summed E-state index contributed by atoms with van der Waals surface area (Å²) >= 11 is 0. The molecule has 0 aliphatic heterocycles. The number of fused-ring (bicyclic) bond motifs is 1. The maximum atomic E-state index is 5.86. The molecule has 1 atom stereocenters. The lowest BCUT2D eigenvalue weighted by atomic mass is 10.0. The number of nitrogens with two attached hydrogens (primary N) is 1. The molecule has 3 N–H and O–H groups in total. The van der Waals surface area contributed by atoms with Gasteiger partial charge in [-0.2, -0.15) is 0 Å². The maximum absolute atomic E-state index is 5.86. The van der Waals surface area contributed by atoms with Gasteiger partial charge in [0.05, 0.1) is 0 Å². The Morgan fingerprint density at radius 2 is 2.07 bits per heavy atom. The van der Waals surface area contributed by atoms with Gasteiger partial charge < -0.3 is 10.7 Å². The van der Waals surface area contributed by atoms with E-state index >= 15 is 0 Å². The third-order valence-electron chi connectivity index (χ3n) is 2.80. The second-order valence-electron chi connectivity index (χ2n) is 4.46. The standard InChI is InChI=1S/C13H18N2/c1-8-4-5-11-12(7-9(2)14)10(3)15-13(11)6-8/h4-6,9,15H,7,14H2,1-3H3. The molecule has 0 aliphatic carbocycles. The van der Waals surface area contributed by atoms with Crippen molar-refractivity contribution in [1.82, 2.24) is 4.98 Å². The first-order chi connectivity index (χ1) is 7.08. The van der Waals surface area contributed by atoms with Gasteiger partial charge in [-0.25, -0.2) is 0 Å². The lowest BCUT2D eigenvalue weighted by Gasteiger charge is -2.05. The lowest BCUT2D eigenvalue weighted by molar-refractivity contribution is 0.738. The van der Waals surface area contributed by atoms with Crippen molar-refractivity contribution >= 4 is 10.9 Å². The molecule has 1 unspecified atom stereocenters. The number of aryl methyl sites for hydroxylation is 2. The Bertz CT molecular complexity index is 480. The Morgan fingerprint density at radius 1 is 1.33 bits per heavy atom. The number of rotatable bonds is 2. The van der Waals surface area contributed by atoms with E-state index in [0.717, 1.165) is 6.42 Å². The Morgan fingerprint density at radius 3 is 2.73 bits per heavy atom. The van der Waals surface area contributed by atoms with Crippen molar-refractivity contribution in [3.05, 3.63) is 35.0 Å². The first-order valence-electron chi connectivity index (χ1n) is 5.41. The van der Waals surface area contributed by atoms with Crippen LogP contribution in [-0.4, -0.2) is 11.0 Å². The quantitative estimate of drug-likeness (QED) is 0.772. The molecule has 0 radical (unpaired) electrons. The number of hydrogen-bond donors (Lipinski definition) is 2. The van der Waals surface area contributed by atoms with Gasteiger partial charge in [0, 0.05) is 22.6 Å². The molecule has 2 aromatic rings. The number of hydrogen-bond acceptors (Lipinski definition) is 1. The fourth-order valence-corrected chi connectivity index (χ4v) is 2.09. The van der Waals surface area contributed by atoms with Crippen LogP contribution < -0.4 is 5.73 Å². The zero-order chi connectivity index (χ0) is 11.0. The first-order valence-corrected chi connectivity index (χ1v) is 5.41. The van der Waals surface area contributed by atoms with Crippen LogP contribution in [0.15, 0.2) is 18.2 Å². The molecule has 1 aromatic heterocycles. The van der Waals surface area contributed by atoms with Crippen LogP contribution in [0.25, 0.3) is 10.9 Å². The summed E-state index contributed by atoms with van der Waals surface area (Å²) in [6.07, 6.45) is 0.939. The molecule has 0 fully saturated rings. The van der Waals surface area contributed by atoms with Gasteiger partial charge in [0.2, 0.25) is 0 Å². The van der Waals surface area contributed by atoms with Gasteiger partial charge >= 0.3 is 0 Å². The van der Waals surface area contributed by atoms with Crippen molar-refractivity contribution in [3.63, 3.8) is 0 Å². The summed E-state index contributed by atoms with van der Waals surface area (Å²) in [6, 6.07) is 6.74. The van der Waals surface area contributed by atoms with Crippen LogP contribution in [0.5, 0.6) is 0 Å². The third-order valence-corrected chi connectivity index (χ3v) is 2.80. The third kappa shape index (κ3) is 1.90. The van der Waals surface area contributed by atoms with Crippen molar-refractivity contribution in [2.24, 2.45) is 5.73 Å². The van der Waals surface area contributed by atoms with Gasteiger partial charge in [0.25, 0.3) is 0 Å². The average Bonchev–Trinajstić information content (AvgIpc) is 2.41. The summed E-state index contributed by atoms with van der Waals surface area (Å²) in [6.45, 7) is 6.28. The van der Waals surface area contributed by atoms with Gasteiger partial charge in [-0.05, 0) is 44.4 Å². The van der Waals surface area contributed by atoms with Gasteiger partial charge in [-0.3, -0.25) is 0 Å². The highest BCUT2D eigenvalue weighted by molar-refractivity contribution is 5.85. The molecule has 1 aromatic carbocycles. The van der Waals surface area contributed by atoms with E-state index < -0.39 is 0 Å². The monoisotopic (exact) mass is 202 g/mol. The zero-order valence-corrected chi connectivity index (χ0v) is 9.59. The second kappa shape index (κ2) is 3.70. The Hall–Kier alpha value is -1.28. The Labute approximate surface area is 90.5 Å². The second-order valence-corrected chi connectivity index (χ2v) is 4.46. The molecule has 15 heavy (non-hydrogen) atoms. The summed E-state index contributed by atoms with van der Waals surface area (Å²) in [5.41, 5.74) is 11.0. The van der Waals surface area contributed by atoms with E-state index in [-0.39, 0.29) is 6.04 Å². The van der Waals surface area contributed by atoms with E-state index in [4.69, 9.17) is 5.73 Å². The largest absolute Gasteiger partial charge is 0.358 e. The number of aromatic amines is 1. The van der Waals surface area contributed by atoms with Crippen molar-refractivity contribution < 1.29 is 0 Å². The number of nitrogens with one attached hydrogen (secondary N) is 1. The van der Waals surface area contributed by atoms with Gasteiger partial charge in [0.15, 0.2) is 0 Å². The molecular weight excluding hydrogens is 184 g/mol. The molecule has 0 amide bonds. The molecule has 2 heteroatoms. The topological polar surface area (TPSA) is 41.8 Å². The Balaban J connectivity index is 2.58. The maximum Gasteiger partial charge on any atom is 0.0461 e. The molecule has 2 nitrogen and oxygen atoms in total. The first kappa shape index (κ1) is 10.2. The minimum Gasteiger partial charge on any atom is -0.358 e. The van der Waals surface area contributed by atoms with Crippen molar-refractivity contribution in [2.45, 2.75) is 33.2 Å². The number of aromatic nitrogens is 1. The number of benzene rings is 1. The summed E-state index contributed by atoms with van der Waals surface area (Å²) in [4.78, 5) is 3.42. The van der Waals surface area contributed by atoms with Gasteiger partial charge in [-0.1, -0.05) is 12.1 Å². The molecule has 0 aliphatic rings. The summed E-state index contributed by atoms with van der Waals surface area (Å²) in [5, 5.41) is 1.32. The van der Waals surface area contributed by atoms with E-state index in [9.17, 15) is 0 Å². The molecule has 0 saturated heterocycles. The van der Waals surface area contributed by atoms with E-state index in [1.807, 2.05) is 6.92 Å². The molecule has 0 spiro atoms. The van der Waals surface area contributed by atoms with E-state index in [1.165, 1.54) is 27.7 Å². The van der Waals surface area contributed by atoms with Crippen LogP contribution in [0.3, 0.4) is 0 Å². The smallest absolute Gasteiger partial charge is 0.0461 e. The van der Waals surface area contributed by atoms with Crippen LogP contribution in [-0.2, 0) is 6.42 Å². The van der Waals surface area contributed by atoms with Crippen molar-refractivity contribution in [1.29, 1.82) is 0 Å². The fourth-order valence-electron chi connectivity index (χ4n) is 2.09. The summed E-state index contributed by atoms with van der Waals surface area (Å²) in [7, 11) is 0. The van der Waals surface area contributed by atoms with Crippen molar-refractivity contribution in [3.8, 4) is 0 Å². The van der Waals surface area contributed by atoms with Crippen molar-refractivity contribution in [2.75, 3.05) is 0 Å². The molecule has 2 rings (SSSR count). The molecular formula is C13H18N2. The average molecular weight is 202 g/mol. The van der Waals surface area contributed by atoms with Crippen LogP contribution in [0.1, 0.15) is 23.7 Å². The molecule has 0 bridgehead atoms. The highest BCUT2D eigenvalue weighted by Crippen LogP contribution is 2.23. The molecule has 0 saturated carbocycles.